The highest BCUT2D eigenvalue weighted by Crippen LogP contribution is 2.15. The van der Waals surface area contributed by atoms with E-state index in [1.165, 1.54) is 12.3 Å². The minimum absolute atomic E-state index is 0.0495. The summed E-state index contributed by atoms with van der Waals surface area (Å²) in [6.45, 7) is 2.05. The van der Waals surface area contributed by atoms with E-state index in [1.54, 1.807) is 0 Å². The summed E-state index contributed by atoms with van der Waals surface area (Å²) in [5.41, 5.74) is 0. The smallest absolute Gasteiger partial charge is 0.311 e. The molecule has 82 valence electrons. The molecule has 0 atom stereocenters. The van der Waals surface area contributed by atoms with Crippen LogP contribution in [0.4, 0.5) is 4.39 Å². The lowest BCUT2D eigenvalue weighted by atomic mass is 10.2. The van der Waals surface area contributed by atoms with Crippen LogP contribution in [0.15, 0.2) is 18.5 Å². The number of carbonyl (C=O) groups is 1. The minimum Gasteiger partial charge on any atom is -0.423 e. The van der Waals surface area contributed by atoms with Gasteiger partial charge in [0.25, 0.3) is 0 Å². The number of nitrogens with zero attached hydrogens (tertiary/aromatic N) is 1. The lowest BCUT2D eigenvalue weighted by molar-refractivity contribution is -0.134. The molecule has 0 fully saturated rings. The molecule has 4 heteroatoms. The third-order valence-electron chi connectivity index (χ3n) is 1.94. The SMILES string of the molecule is CCCCCC(=O)Oc1ccncc1F. The van der Waals surface area contributed by atoms with Crippen molar-refractivity contribution < 1.29 is 13.9 Å². The van der Waals surface area contributed by atoms with Crippen molar-refractivity contribution >= 4 is 5.97 Å². The van der Waals surface area contributed by atoms with E-state index >= 15 is 0 Å². The van der Waals surface area contributed by atoms with Crippen LogP contribution < -0.4 is 4.74 Å². The van der Waals surface area contributed by atoms with Gasteiger partial charge < -0.3 is 4.74 Å². The number of unbranched alkanes of at least 4 members (excludes halogenated alkanes) is 2. The fourth-order valence-corrected chi connectivity index (χ4v) is 1.14. The van der Waals surface area contributed by atoms with E-state index in [2.05, 4.69) is 4.98 Å². The monoisotopic (exact) mass is 211 g/mol. The molecular formula is C11H14FNO2. The Bertz CT molecular complexity index is 328. The second-order valence-corrected chi connectivity index (χ2v) is 3.24. The van der Waals surface area contributed by atoms with Crippen molar-refractivity contribution in [1.82, 2.24) is 4.98 Å². The van der Waals surface area contributed by atoms with Crippen LogP contribution in [0, 0.1) is 5.82 Å². The maximum Gasteiger partial charge on any atom is 0.311 e. The summed E-state index contributed by atoms with van der Waals surface area (Å²) in [5, 5.41) is 0. The summed E-state index contributed by atoms with van der Waals surface area (Å²) >= 11 is 0. The molecule has 1 heterocycles. The third kappa shape index (κ3) is 4.06. The molecule has 0 radical (unpaired) electrons. The summed E-state index contributed by atoms with van der Waals surface area (Å²) in [5.74, 6) is -1.05. The highest BCUT2D eigenvalue weighted by atomic mass is 19.1. The zero-order valence-electron chi connectivity index (χ0n) is 8.70. The molecule has 0 unspecified atom stereocenters. The molecule has 0 saturated carbocycles. The van der Waals surface area contributed by atoms with Crippen molar-refractivity contribution in [2.75, 3.05) is 0 Å². The molecule has 0 aliphatic heterocycles. The fraction of sp³-hybridized carbons (Fsp3) is 0.455. The topological polar surface area (TPSA) is 39.2 Å². The highest BCUT2D eigenvalue weighted by molar-refractivity contribution is 5.72. The van der Waals surface area contributed by atoms with Gasteiger partial charge in [-0.1, -0.05) is 19.8 Å². The molecule has 0 saturated heterocycles. The van der Waals surface area contributed by atoms with Crippen LogP contribution in [0.2, 0.25) is 0 Å². The predicted octanol–water partition coefficient (Wildman–Crippen LogP) is 2.71. The Morgan fingerprint density at radius 2 is 2.33 bits per heavy atom. The van der Waals surface area contributed by atoms with Gasteiger partial charge in [0.05, 0.1) is 6.20 Å². The lowest BCUT2D eigenvalue weighted by Gasteiger charge is -2.03. The zero-order chi connectivity index (χ0) is 11.1. The van der Waals surface area contributed by atoms with E-state index in [4.69, 9.17) is 4.74 Å². The van der Waals surface area contributed by atoms with E-state index in [-0.39, 0.29) is 5.75 Å². The van der Waals surface area contributed by atoms with Gasteiger partial charge in [0.15, 0.2) is 11.6 Å². The number of esters is 1. The Labute approximate surface area is 88.3 Å². The van der Waals surface area contributed by atoms with Crippen molar-refractivity contribution in [1.29, 1.82) is 0 Å². The van der Waals surface area contributed by atoms with Gasteiger partial charge in [-0.25, -0.2) is 4.39 Å². The van der Waals surface area contributed by atoms with Gasteiger partial charge in [0, 0.05) is 18.7 Å². The first kappa shape index (κ1) is 11.6. The number of hydrogen-bond donors (Lipinski definition) is 0. The summed E-state index contributed by atoms with van der Waals surface area (Å²) in [6.07, 6.45) is 5.54. The largest absolute Gasteiger partial charge is 0.423 e. The van der Waals surface area contributed by atoms with Crippen molar-refractivity contribution in [2.24, 2.45) is 0 Å². The molecule has 1 rings (SSSR count). The quantitative estimate of drug-likeness (QED) is 0.555. The van der Waals surface area contributed by atoms with Crippen LogP contribution in [0.5, 0.6) is 5.75 Å². The second-order valence-electron chi connectivity index (χ2n) is 3.24. The average Bonchev–Trinajstić information content (AvgIpc) is 2.22. The Morgan fingerprint density at radius 3 is 3.00 bits per heavy atom. The van der Waals surface area contributed by atoms with E-state index in [0.29, 0.717) is 6.42 Å². The summed E-state index contributed by atoms with van der Waals surface area (Å²) in [4.78, 5) is 14.8. The zero-order valence-corrected chi connectivity index (χ0v) is 8.70. The number of aromatic nitrogens is 1. The first-order chi connectivity index (χ1) is 7.24. The number of hydrogen-bond acceptors (Lipinski definition) is 3. The predicted molar refractivity (Wildman–Crippen MR) is 54.0 cm³/mol. The van der Waals surface area contributed by atoms with E-state index in [1.807, 2.05) is 6.92 Å². The highest BCUT2D eigenvalue weighted by Gasteiger charge is 2.08. The fourth-order valence-electron chi connectivity index (χ4n) is 1.14. The van der Waals surface area contributed by atoms with Gasteiger partial charge in [-0.05, 0) is 6.42 Å². The summed E-state index contributed by atoms with van der Waals surface area (Å²) in [6, 6.07) is 1.34. The number of carbonyl (C=O) groups excluding carboxylic acids is 1. The molecule has 0 amide bonds. The second kappa shape index (κ2) is 6.11. The Hall–Kier alpha value is -1.45. The number of rotatable bonds is 5. The number of halogens is 1. The van der Waals surface area contributed by atoms with Crippen LogP contribution in [0.25, 0.3) is 0 Å². The Balaban J connectivity index is 2.41. The molecule has 0 aromatic carbocycles. The summed E-state index contributed by atoms with van der Waals surface area (Å²) in [7, 11) is 0. The molecule has 3 nitrogen and oxygen atoms in total. The lowest BCUT2D eigenvalue weighted by Crippen LogP contribution is -2.08. The number of pyridine rings is 1. The first-order valence-electron chi connectivity index (χ1n) is 5.04. The van der Waals surface area contributed by atoms with E-state index in [0.717, 1.165) is 25.5 Å². The molecule has 0 aliphatic rings. The van der Waals surface area contributed by atoms with Gasteiger partial charge in [-0.2, -0.15) is 0 Å². The molecule has 0 N–H and O–H groups in total. The van der Waals surface area contributed by atoms with E-state index < -0.39 is 11.8 Å². The van der Waals surface area contributed by atoms with Crippen molar-refractivity contribution in [2.45, 2.75) is 32.6 Å². The molecular weight excluding hydrogens is 197 g/mol. The Morgan fingerprint density at radius 1 is 1.53 bits per heavy atom. The number of ether oxygens (including phenoxy) is 1. The van der Waals surface area contributed by atoms with E-state index in [9.17, 15) is 9.18 Å². The van der Waals surface area contributed by atoms with Gasteiger partial charge in [0.2, 0.25) is 0 Å². The van der Waals surface area contributed by atoms with Gasteiger partial charge in [-0.3, -0.25) is 9.78 Å². The standard InChI is InChI=1S/C11H14FNO2/c1-2-3-4-5-11(14)15-10-6-7-13-8-9(10)12/h6-8H,2-5H2,1H3. The first-order valence-corrected chi connectivity index (χ1v) is 5.04. The van der Waals surface area contributed by atoms with Crippen LogP contribution in [0.1, 0.15) is 32.6 Å². The average molecular weight is 211 g/mol. The molecule has 1 aromatic heterocycles. The third-order valence-corrected chi connectivity index (χ3v) is 1.94. The van der Waals surface area contributed by atoms with Crippen molar-refractivity contribution in [3.8, 4) is 5.75 Å². The van der Waals surface area contributed by atoms with Gasteiger partial charge >= 0.3 is 5.97 Å². The van der Waals surface area contributed by atoms with Gasteiger partial charge in [0.1, 0.15) is 0 Å². The van der Waals surface area contributed by atoms with Crippen LogP contribution >= 0.6 is 0 Å². The van der Waals surface area contributed by atoms with Crippen LogP contribution in [0.3, 0.4) is 0 Å². The molecule has 0 aliphatic carbocycles. The molecule has 0 bridgehead atoms. The maximum absolute atomic E-state index is 13.0. The van der Waals surface area contributed by atoms with Crippen LogP contribution in [-0.4, -0.2) is 11.0 Å². The van der Waals surface area contributed by atoms with Gasteiger partial charge in [-0.15, -0.1) is 0 Å². The van der Waals surface area contributed by atoms with Crippen LogP contribution in [-0.2, 0) is 4.79 Å². The minimum atomic E-state index is -0.610. The maximum atomic E-state index is 13.0. The molecule has 1 aromatic rings. The van der Waals surface area contributed by atoms with Crippen molar-refractivity contribution in [3.63, 3.8) is 0 Å². The Kier molecular flexibility index (Phi) is 4.74. The van der Waals surface area contributed by atoms with Crippen molar-refractivity contribution in [3.05, 3.63) is 24.3 Å². The molecule has 0 spiro atoms. The normalized spacial score (nSPS) is 10.0. The molecule has 15 heavy (non-hydrogen) atoms. The summed E-state index contributed by atoms with van der Waals surface area (Å²) < 4.78 is 17.8.